The van der Waals surface area contributed by atoms with Gasteiger partial charge in [-0.3, -0.25) is 0 Å². The number of hydrogen-bond acceptors (Lipinski definition) is 2. The van der Waals surface area contributed by atoms with Gasteiger partial charge >= 0.3 is 0 Å². The summed E-state index contributed by atoms with van der Waals surface area (Å²) in [5.74, 6) is 0.714. The summed E-state index contributed by atoms with van der Waals surface area (Å²) in [4.78, 5) is 7.81. The Morgan fingerprint density at radius 1 is 1.67 bits per heavy atom. The number of nitrogens with zero attached hydrogens (tertiary/aromatic N) is 2. The fourth-order valence-electron chi connectivity index (χ4n) is 0.428. The Bertz CT molecular complexity index is 226. The summed E-state index contributed by atoms with van der Waals surface area (Å²) in [6.45, 7) is 1.81. The van der Waals surface area contributed by atoms with E-state index >= 15 is 0 Å². The highest BCUT2D eigenvalue weighted by Gasteiger charge is 1.96. The Labute approximate surface area is 66.4 Å². The minimum Gasteiger partial charge on any atom is -0.240 e. The predicted molar refractivity (Wildman–Crippen MR) is 39.5 cm³/mol. The van der Waals surface area contributed by atoms with Gasteiger partial charge in [0.25, 0.3) is 0 Å². The first-order valence-electron chi connectivity index (χ1n) is 2.35. The van der Waals surface area contributed by atoms with Crippen molar-refractivity contribution in [3.05, 3.63) is 21.6 Å². The third-order valence-corrected chi connectivity index (χ3v) is 1.93. The molecule has 1 aromatic heterocycles. The van der Waals surface area contributed by atoms with Crippen molar-refractivity contribution in [2.24, 2.45) is 0 Å². The quantitative estimate of drug-likeness (QED) is 0.610. The van der Waals surface area contributed by atoms with Gasteiger partial charge in [-0.05, 0) is 22.9 Å². The molecule has 2 nitrogen and oxygen atoms in total. The van der Waals surface area contributed by atoms with E-state index in [-0.39, 0.29) is 0 Å². The lowest BCUT2D eigenvalue weighted by molar-refractivity contribution is 1.03. The van der Waals surface area contributed by atoms with E-state index in [2.05, 4.69) is 25.9 Å². The molecule has 0 aliphatic heterocycles. The number of hydrogen-bond donors (Lipinski definition) is 0. The number of halogens is 2. The van der Waals surface area contributed by atoms with Crippen molar-refractivity contribution in [2.75, 3.05) is 0 Å². The standard InChI is InChI=1S/C5H4BrClN2/c1-3-8-2-4(7)5(6)9-3/h2H,1H3. The molecule has 9 heavy (non-hydrogen) atoms. The van der Waals surface area contributed by atoms with Crippen molar-refractivity contribution in [3.8, 4) is 0 Å². The lowest BCUT2D eigenvalue weighted by Crippen LogP contribution is -1.86. The molecule has 48 valence electrons. The second-order valence-electron chi connectivity index (χ2n) is 1.56. The van der Waals surface area contributed by atoms with Gasteiger partial charge in [-0.25, -0.2) is 9.97 Å². The van der Waals surface area contributed by atoms with Crippen molar-refractivity contribution < 1.29 is 0 Å². The molecule has 0 aromatic carbocycles. The van der Waals surface area contributed by atoms with Crippen LogP contribution in [-0.4, -0.2) is 9.97 Å². The van der Waals surface area contributed by atoms with Gasteiger partial charge in [0.1, 0.15) is 10.4 Å². The third kappa shape index (κ3) is 1.63. The number of rotatable bonds is 0. The van der Waals surface area contributed by atoms with E-state index in [0.29, 0.717) is 15.5 Å². The van der Waals surface area contributed by atoms with Crippen LogP contribution >= 0.6 is 27.5 Å². The van der Waals surface area contributed by atoms with Gasteiger partial charge in [-0.1, -0.05) is 11.6 Å². The lowest BCUT2D eigenvalue weighted by atomic mass is 10.6. The van der Waals surface area contributed by atoms with Crippen LogP contribution in [0.15, 0.2) is 10.8 Å². The summed E-state index contributed by atoms with van der Waals surface area (Å²) >= 11 is 8.77. The minimum absolute atomic E-state index is 0.542. The van der Waals surface area contributed by atoms with E-state index < -0.39 is 0 Å². The van der Waals surface area contributed by atoms with Crippen molar-refractivity contribution in [2.45, 2.75) is 6.92 Å². The number of aromatic nitrogens is 2. The van der Waals surface area contributed by atoms with Crippen molar-refractivity contribution in [3.63, 3.8) is 0 Å². The Kier molecular flexibility index (Phi) is 2.03. The normalized spacial score (nSPS) is 9.67. The van der Waals surface area contributed by atoms with Crippen LogP contribution in [0.25, 0.3) is 0 Å². The first kappa shape index (κ1) is 6.96. The molecule has 0 aliphatic carbocycles. The fourth-order valence-corrected chi connectivity index (χ4v) is 0.878. The molecular weight excluding hydrogens is 203 g/mol. The molecule has 0 radical (unpaired) electrons. The van der Waals surface area contributed by atoms with Crippen molar-refractivity contribution in [1.29, 1.82) is 0 Å². The maximum Gasteiger partial charge on any atom is 0.128 e. The molecule has 0 bridgehead atoms. The van der Waals surface area contributed by atoms with E-state index in [4.69, 9.17) is 11.6 Å². The highest BCUT2D eigenvalue weighted by atomic mass is 79.9. The lowest BCUT2D eigenvalue weighted by Gasteiger charge is -1.92. The van der Waals surface area contributed by atoms with Crippen LogP contribution in [0, 0.1) is 6.92 Å². The SMILES string of the molecule is Cc1ncc(Cl)c(Br)n1. The highest BCUT2D eigenvalue weighted by Crippen LogP contribution is 2.17. The summed E-state index contributed by atoms with van der Waals surface area (Å²) in [6, 6.07) is 0. The highest BCUT2D eigenvalue weighted by molar-refractivity contribution is 9.10. The smallest absolute Gasteiger partial charge is 0.128 e. The van der Waals surface area contributed by atoms with Crippen LogP contribution in [0.4, 0.5) is 0 Å². The molecule has 1 heterocycles. The largest absolute Gasteiger partial charge is 0.240 e. The Morgan fingerprint density at radius 3 is 2.78 bits per heavy atom. The van der Waals surface area contributed by atoms with E-state index in [1.54, 1.807) is 13.1 Å². The summed E-state index contributed by atoms with van der Waals surface area (Å²) < 4.78 is 0.650. The first-order valence-corrected chi connectivity index (χ1v) is 3.52. The molecule has 0 spiro atoms. The van der Waals surface area contributed by atoms with Gasteiger partial charge in [0, 0.05) is 0 Å². The average molecular weight is 207 g/mol. The summed E-state index contributed by atoms with van der Waals surface area (Å²) in [5.41, 5.74) is 0. The van der Waals surface area contributed by atoms with Crippen molar-refractivity contribution in [1.82, 2.24) is 9.97 Å². The zero-order chi connectivity index (χ0) is 6.85. The monoisotopic (exact) mass is 206 g/mol. The number of aryl methyl sites for hydroxylation is 1. The van der Waals surface area contributed by atoms with Crippen LogP contribution in [0.2, 0.25) is 5.02 Å². The molecule has 1 rings (SSSR count). The maximum atomic E-state index is 5.61. The Hall–Kier alpha value is -0.150. The van der Waals surface area contributed by atoms with Gasteiger partial charge in [0.2, 0.25) is 0 Å². The fraction of sp³-hybridized carbons (Fsp3) is 0.200. The zero-order valence-corrected chi connectivity index (χ0v) is 7.07. The Balaban J connectivity index is 3.17. The molecule has 0 saturated heterocycles. The third-order valence-electron chi connectivity index (χ3n) is 0.822. The molecule has 0 atom stereocenters. The first-order chi connectivity index (χ1) is 4.20. The van der Waals surface area contributed by atoms with Gasteiger partial charge < -0.3 is 0 Å². The maximum absolute atomic E-state index is 5.61. The van der Waals surface area contributed by atoms with Crippen molar-refractivity contribution >= 4 is 27.5 Å². The summed E-state index contributed by atoms with van der Waals surface area (Å²) in [5, 5.41) is 0.542. The summed E-state index contributed by atoms with van der Waals surface area (Å²) in [7, 11) is 0. The van der Waals surface area contributed by atoms with E-state index in [1.807, 2.05) is 0 Å². The zero-order valence-electron chi connectivity index (χ0n) is 4.73. The van der Waals surface area contributed by atoms with E-state index in [0.717, 1.165) is 0 Å². The average Bonchev–Trinajstić information content (AvgIpc) is 1.80. The van der Waals surface area contributed by atoms with Crippen LogP contribution in [0.3, 0.4) is 0 Å². The van der Waals surface area contributed by atoms with Crippen LogP contribution in [0.5, 0.6) is 0 Å². The molecule has 0 unspecified atom stereocenters. The molecule has 4 heteroatoms. The van der Waals surface area contributed by atoms with Gasteiger partial charge in [-0.2, -0.15) is 0 Å². The van der Waals surface area contributed by atoms with Gasteiger partial charge in [0.05, 0.1) is 11.2 Å². The van der Waals surface area contributed by atoms with Crippen LogP contribution < -0.4 is 0 Å². The van der Waals surface area contributed by atoms with E-state index in [9.17, 15) is 0 Å². The van der Waals surface area contributed by atoms with Gasteiger partial charge in [-0.15, -0.1) is 0 Å². The molecule has 0 fully saturated rings. The Morgan fingerprint density at radius 2 is 2.33 bits per heavy atom. The second kappa shape index (κ2) is 2.62. The summed E-state index contributed by atoms with van der Waals surface area (Å²) in [6.07, 6.45) is 1.56. The second-order valence-corrected chi connectivity index (χ2v) is 2.71. The molecular formula is C5H4BrClN2. The molecule has 1 aromatic rings. The topological polar surface area (TPSA) is 25.8 Å². The molecule has 0 aliphatic rings. The molecule has 0 N–H and O–H groups in total. The molecule has 0 saturated carbocycles. The van der Waals surface area contributed by atoms with Gasteiger partial charge in [0.15, 0.2) is 0 Å². The van der Waals surface area contributed by atoms with Crippen LogP contribution in [0.1, 0.15) is 5.82 Å². The predicted octanol–water partition coefficient (Wildman–Crippen LogP) is 2.20. The molecule has 0 amide bonds. The van der Waals surface area contributed by atoms with Crippen LogP contribution in [-0.2, 0) is 0 Å². The minimum atomic E-state index is 0.542. The van der Waals surface area contributed by atoms with E-state index in [1.165, 1.54) is 0 Å².